The molecule has 2 aromatic carbocycles. The molecule has 6 nitrogen and oxygen atoms in total. The monoisotopic (exact) mass is 423 g/mol. The zero-order chi connectivity index (χ0) is 21.3. The fraction of sp³-hybridized carbons (Fsp3) is 0.217. The van der Waals surface area contributed by atoms with Crippen molar-refractivity contribution in [2.75, 3.05) is 32.6 Å². The predicted molar refractivity (Wildman–Crippen MR) is 120 cm³/mol. The maximum atomic E-state index is 12.6. The molecule has 0 aliphatic carbocycles. The summed E-state index contributed by atoms with van der Waals surface area (Å²) in [5.41, 5.74) is 1.71. The first-order valence-corrected chi connectivity index (χ1v) is 10.4. The van der Waals surface area contributed by atoms with Gasteiger partial charge in [-0.15, -0.1) is 11.3 Å². The Kier molecular flexibility index (Phi) is 7.59. The molecule has 30 heavy (non-hydrogen) atoms. The second kappa shape index (κ2) is 10.6. The van der Waals surface area contributed by atoms with Crippen molar-refractivity contribution >= 4 is 28.8 Å². The highest BCUT2D eigenvalue weighted by molar-refractivity contribution is 7.10. The quantitative estimate of drug-likeness (QED) is 0.552. The molecule has 1 atom stereocenters. The van der Waals surface area contributed by atoms with E-state index in [2.05, 4.69) is 10.6 Å². The Morgan fingerprint density at radius 1 is 1.07 bits per heavy atom. The van der Waals surface area contributed by atoms with Crippen molar-refractivity contribution in [2.24, 2.45) is 0 Å². The van der Waals surface area contributed by atoms with Gasteiger partial charge in [0.2, 0.25) is 11.8 Å². The molecule has 0 saturated carbocycles. The van der Waals surface area contributed by atoms with Gasteiger partial charge in [0.1, 0.15) is 5.75 Å². The van der Waals surface area contributed by atoms with Crippen molar-refractivity contribution in [1.29, 1.82) is 0 Å². The van der Waals surface area contributed by atoms with Crippen LogP contribution in [-0.2, 0) is 9.59 Å². The van der Waals surface area contributed by atoms with Crippen LogP contribution in [0.25, 0.3) is 0 Å². The Balaban J connectivity index is 1.55. The molecule has 0 aliphatic heterocycles. The highest BCUT2D eigenvalue weighted by Gasteiger charge is 2.18. The summed E-state index contributed by atoms with van der Waals surface area (Å²) in [6.07, 6.45) is 0. The maximum Gasteiger partial charge on any atom is 0.243 e. The van der Waals surface area contributed by atoms with E-state index < -0.39 is 0 Å². The lowest BCUT2D eigenvalue weighted by Crippen LogP contribution is -2.41. The Morgan fingerprint density at radius 2 is 1.87 bits per heavy atom. The molecule has 0 unspecified atom stereocenters. The number of anilines is 1. The van der Waals surface area contributed by atoms with E-state index in [1.54, 1.807) is 49.8 Å². The normalized spacial score (nSPS) is 11.5. The summed E-state index contributed by atoms with van der Waals surface area (Å²) >= 11 is 1.64. The zero-order valence-electron chi connectivity index (χ0n) is 17.0. The number of ether oxygens (including phenoxy) is 1. The smallest absolute Gasteiger partial charge is 0.243 e. The highest BCUT2D eigenvalue weighted by Crippen LogP contribution is 2.25. The molecule has 0 radical (unpaired) electrons. The lowest BCUT2D eigenvalue weighted by atomic mass is 10.1. The van der Waals surface area contributed by atoms with E-state index >= 15 is 0 Å². The SMILES string of the molecule is COc1cccc(NC(=O)CN(C)C(=O)CN[C@H](c2ccccc2)c2cccs2)c1. The first-order chi connectivity index (χ1) is 14.6. The van der Waals surface area contributed by atoms with Crippen LogP contribution in [0.4, 0.5) is 5.69 Å². The third-order valence-electron chi connectivity index (χ3n) is 4.58. The molecular formula is C23H25N3O3S. The van der Waals surface area contributed by atoms with Gasteiger partial charge in [-0.3, -0.25) is 14.9 Å². The minimum absolute atomic E-state index is 0.0350. The Labute approximate surface area is 180 Å². The van der Waals surface area contributed by atoms with Crippen LogP contribution in [0.1, 0.15) is 16.5 Å². The summed E-state index contributed by atoms with van der Waals surface area (Å²) < 4.78 is 5.15. The lowest BCUT2D eigenvalue weighted by molar-refractivity contribution is -0.132. The summed E-state index contributed by atoms with van der Waals surface area (Å²) in [6.45, 7) is 0.0904. The molecule has 156 valence electrons. The van der Waals surface area contributed by atoms with Crippen LogP contribution >= 0.6 is 11.3 Å². The molecule has 3 aromatic rings. The van der Waals surface area contributed by atoms with Gasteiger partial charge < -0.3 is 15.0 Å². The van der Waals surface area contributed by atoms with E-state index in [-0.39, 0.29) is 30.9 Å². The number of benzene rings is 2. The van der Waals surface area contributed by atoms with Crippen LogP contribution in [0.2, 0.25) is 0 Å². The molecule has 1 aromatic heterocycles. The van der Waals surface area contributed by atoms with E-state index in [0.29, 0.717) is 11.4 Å². The Bertz CT molecular complexity index is 961. The van der Waals surface area contributed by atoms with Crippen molar-refractivity contribution in [1.82, 2.24) is 10.2 Å². The zero-order valence-corrected chi connectivity index (χ0v) is 17.8. The van der Waals surface area contributed by atoms with Gasteiger partial charge in [0.05, 0.1) is 26.2 Å². The fourth-order valence-corrected chi connectivity index (χ4v) is 3.84. The van der Waals surface area contributed by atoms with Crippen LogP contribution in [0.15, 0.2) is 72.1 Å². The number of methoxy groups -OCH3 is 1. The number of hydrogen-bond acceptors (Lipinski definition) is 5. The van der Waals surface area contributed by atoms with Gasteiger partial charge >= 0.3 is 0 Å². The van der Waals surface area contributed by atoms with Gasteiger partial charge in [0.25, 0.3) is 0 Å². The average molecular weight is 424 g/mol. The Hall–Kier alpha value is -3.16. The minimum Gasteiger partial charge on any atom is -0.497 e. The van der Waals surface area contributed by atoms with E-state index in [0.717, 1.165) is 10.4 Å². The highest BCUT2D eigenvalue weighted by atomic mass is 32.1. The van der Waals surface area contributed by atoms with Crippen molar-refractivity contribution in [3.05, 3.63) is 82.6 Å². The number of thiophene rings is 1. The second-order valence-electron chi connectivity index (χ2n) is 6.77. The number of hydrogen-bond donors (Lipinski definition) is 2. The third kappa shape index (κ3) is 5.92. The van der Waals surface area contributed by atoms with E-state index in [4.69, 9.17) is 4.74 Å². The summed E-state index contributed by atoms with van der Waals surface area (Å²) in [5, 5.41) is 8.13. The van der Waals surface area contributed by atoms with Crippen molar-refractivity contribution in [2.45, 2.75) is 6.04 Å². The number of nitrogens with zero attached hydrogens (tertiary/aromatic N) is 1. The van der Waals surface area contributed by atoms with Crippen molar-refractivity contribution in [3.63, 3.8) is 0 Å². The van der Waals surface area contributed by atoms with Gasteiger partial charge in [-0.25, -0.2) is 0 Å². The summed E-state index contributed by atoms with van der Waals surface area (Å²) in [4.78, 5) is 27.5. The fourth-order valence-electron chi connectivity index (χ4n) is 3.01. The molecule has 3 rings (SSSR count). The van der Waals surface area contributed by atoms with E-state index in [1.807, 2.05) is 47.8 Å². The van der Waals surface area contributed by atoms with Gasteiger partial charge in [-0.1, -0.05) is 42.5 Å². The molecule has 7 heteroatoms. The van der Waals surface area contributed by atoms with Gasteiger partial charge in [0.15, 0.2) is 0 Å². The molecule has 1 heterocycles. The molecule has 0 fully saturated rings. The number of rotatable bonds is 9. The largest absolute Gasteiger partial charge is 0.497 e. The number of likely N-dealkylation sites (N-methyl/N-ethyl adjacent to an activating group) is 1. The molecular weight excluding hydrogens is 398 g/mol. The van der Waals surface area contributed by atoms with E-state index in [1.165, 1.54) is 4.90 Å². The van der Waals surface area contributed by atoms with Crippen LogP contribution < -0.4 is 15.4 Å². The molecule has 2 amide bonds. The molecule has 2 N–H and O–H groups in total. The number of carbonyl (C=O) groups excluding carboxylic acids is 2. The summed E-state index contributed by atoms with van der Waals surface area (Å²) in [7, 11) is 3.19. The minimum atomic E-state index is -0.267. The van der Waals surface area contributed by atoms with Crippen LogP contribution in [0, 0.1) is 0 Å². The standard InChI is InChI=1S/C23H25N3O3S/c1-26(16-21(27)25-18-10-6-11-19(14-18)29-2)22(28)15-24-23(20-12-7-13-30-20)17-8-4-3-5-9-17/h3-14,23-24H,15-16H2,1-2H3,(H,25,27)/t23-/m1/s1. The Morgan fingerprint density at radius 3 is 2.57 bits per heavy atom. The van der Waals surface area contributed by atoms with Gasteiger partial charge in [0, 0.05) is 23.7 Å². The third-order valence-corrected chi connectivity index (χ3v) is 5.52. The predicted octanol–water partition coefficient (Wildman–Crippen LogP) is 3.53. The first kappa shape index (κ1) is 21.5. The lowest BCUT2D eigenvalue weighted by Gasteiger charge is -2.21. The topological polar surface area (TPSA) is 70.7 Å². The van der Waals surface area contributed by atoms with Crippen molar-refractivity contribution < 1.29 is 14.3 Å². The van der Waals surface area contributed by atoms with Crippen LogP contribution in [0.3, 0.4) is 0 Å². The van der Waals surface area contributed by atoms with Crippen LogP contribution in [-0.4, -0.2) is 44.0 Å². The second-order valence-corrected chi connectivity index (χ2v) is 7.75. The van der Waals surface area contributed by atoms with E-state index in [9.17, 15) is 9.59 Å². The summed E-state index contributed by atoms with van der Waals surface area (Å²) in [5.74, 6) is 0.229. The maximum absolute atomic E-state index is 12.6. The van der Waals surface area contributed by atoms with Crippen molar-refractivity contribution in [3.8, 4) is 5.75 Å². The first-order valence-electron chi connectivity index (χ1n) is 9.56. The average Bonchev–Trinajstić information content (AvgIpc) is 3.29. The number of carbonyl (C=O) groups is 2. The number of amides is 2. The van der Waals surface area contributed by atoms with Crippen LogP contribution in [0.5, 0.6) is 5.75 Å². The molecule has 0 spiro atoms. The number of nitrogens with one attached hydrogen (secondary N) is 2. The summed E-state index contributed by atoms with van der Waals surface area (Å²) in [6, 6.07) is 21.1. The molecule has 0 saturated heterocycles. The van der Waals surface area contributed by atoms with Gasteiger partial charge in [-0.05, 0) is 29.1 Å². The van der Waals surface area contributed by atoms with Gasteiger partial charge in [-0.2, -0.15) is 0 Å². The molecule has 0 bridgehead atoms. The molecule has 0 aliphatic rings.